The molecule has 5 nitrogen and oxygen atoms in total. The highest BCUT2D eigenvalue weighted by atomic mass is 79.9. The second-order valence-electron chi connectivity index (χ2n) is 6.83. The average Bonchev–Trinajstić information content (AvgIpc) is 3.29. The molecule has 4 rings (SSSR count). The molecule has 0 aliphatic carbocycles. The summed E-state index contributed by atoms with van der Waals surface area (Å²) in [6.07, 6.45) is 4.69. The predicted octanol–water partition coefficient (Wildman–Crippen LogP) is 3.09. The van der Waals surface area contributed by atoms with Crippen LogP contribution in [0.4, 0.5) is 0 Å². The summed E-state index contributed by atoms with van der Waals surface area (Å²) in [5.41, 5.74) is 1.19. The van der Waals surface area contributed by atoms with Crippen LogP contribution in [0.15, 0.2) is 33.3 Å². The Hall–Kier alpha value is -1.24. The Balaban J connectivity index is 1.32. The largest absolute Gasteiger partial charge is 0.338 e. The Bertz CT molecular complexity index is 683. The van der Waals surface area contributed by atoms with Crippen LogP contribution < -0.4 is 0 Å². The van der Waals surface area contributed by atoms with E-state index in [4.69, 9.17) is 4.52 Å². The summed E-state index contributed by atoms with van der Waals surface area (Å²) in [5, 5.41) is 4.14. The molecule has 1 aromatic heterocycles. The maximum atomic E-state index is 5.46. The van der Waals surface area contributed by atoms with E-state index in [9.17, 15) is 0 Å². The molecular formula is C18H23BrN4O. The number of likely N-dealkylation sites (tertiary alicyclic amines) is 2. The number of hydrogen-bond donors (Lipinski definition) is 0. The molecule has 0 amide bonds. The van der Waals surface area contributed by atoms with Gasteiger partial charge in [-0.05, 0) is 50.0 Å². The molecule has 1 unspecified atom stereocenters. The van der Waals surface area contributed by atoms with E-state index in [2.05, 4.69) is 48.0 Å². The lowest BCUT2D eigenvalue weighted by atomic mass is 10.1. The molecule has 24 heavy (non-hydrogen) atoms. The van der Waals surface area contributed by atoms with Crippen molar-refractivity contribution in [3.05, 3.63) is 46.0 Å². The smallest absolute Gasteiger partial charge is 0.240 e. The van der Waals surface area contributed by atoms with Gasteiger partial charge in [-0.2, -0.15) is 4.98 Å². The molecule has 1 aromatic carbocycles. The van der Waals surface area contributed by atoms with Crippen molar-refractivity contribution in [1.82, 2.24) is 19.9 Å². The lowest BCUT2D eigenvalue weighted by Gasteiger charge is -2.23. The van der Waals surface area contributed by atoms with Gasteiger partial charge in [-0.3, -0.25) is 9.80 Å². The molecule has 0 bridgehead atoms. The standard InChI is InChI=1S/C18H23BrN4O/c19-15-5-3-4-14(10-15)11-17-20-18(24-21-17)13-22-9-6-16(12-22)23-7-1-2-8-23/h3-5,10,16H,1-2,6-9,11-13H2. The summed E-state index contributed by atoms with van der Waals surface area (Å²) in [7, 11) is 0. The van der Waals surface area contributed by atoms with Crippen molar-refractivity contribution in [2.75, 3.05) is 26.2 Å². The Morgan fingerprint density at radius 1 is 1.21 bits per heavy atom. The molecular weight excluding hydrogens is 368 g/mol. The third kappa shape index (κ3) is 3.87. The maximum Gasteiger partial charge on any atom is 0.240 e. The first-order valence-corrected chi connectivity index (χ1v) is 9.58. The van der Waals surface area contributed by atoms with Gasteiger partial charge in [-0.25, -0.2) is 0 Å². The quantitative estimate of drug-likeness (QED) is 0.784. The maximum absolute atomic E-state index is 5.46. The second kappa shape index (κ2) is 7.33. The van der Waals surface area contributed by atoms with Gasteiger partial charge < -0.3 is 4.52 Å². The van der Waals surface area contributed by atoms with Gasteiger partial charge in [0.05, 0.1) is 6.54 Å². The van der Waals surface area contributed by atoms with Gasteiger partial charge in [-0.15, -0.1) is 0 Å². The number of halogens is 1. The number of benzene rings is 1. The molecule has 3 heterocycles. The molecule has 1 atom stereocenters. The summed E-state index contributed by atoms with van der Waals surface area (Å²) >= 11 is 3.50. The van der Waals surface area contributed by atoms with Crippen LogP contribution in [-0.4, -0.2) is 52.2 Å². The minimum atomic E-state index is 0.708. The highest BCUT2D eigenvalue weighted by Gasteiger charge is 2.29. The molecule has 128 valence electrons. The van der Waals surface area contributed by atoms with E-state index in [0.717, 1.165) is 41.9 Å². The van der Waals surface area contributed by atoms with Crippen LogP contribution in [0.3, 0.4) is 0 Å². The zero-order chi connectivity index (χ0) is 16.4. The SMILES string of the molecule is Brc1cccc(Cc2noc(CN3CCC(N4CCCC4)C3)n2)c1. The molecule has 2 saturated heterocycles. The van der Waals surface area contributed by atoms with Gasteiger partial charge >= 0.3 is 0 Å². The van der Waals surface area contributed by atoms with E-state index < -0.39 is 0 Å². The van der Waals surface area contributed by atoms with E-state index in [1.54, 1.807) is 0 Å². The Kier molecular flexibility index (Phi) is 4.96. The fourth-order valence-corrected chi connectivity index (χ4v) is 4.25. The zero-order valence-electron chi connectivity index (χ0n) is 13.8. The number of nitrogens with zero attached hydrogens (tertiary/aromatic N) is 4. The van der Waals surface area contributed by atoms with Crippen molar-refractivity contribution in [2.24, 2.45) is 0 Å². The van der Waals surface area contributed by atoms with Crippen LogP contribution in [0.25, 0.3) is 0 Å². The first-order chi connectivity index (χ1) is 11.8. The molecule has 2 aliphatic rings. The van der Waals surface area contributed by atoms with Crippen molar-refractivity contribution in [3.8, 4) is 0 Å². The van der Waals surface area contributed by atoms with Gasteiger partial charge in [0, 0.05) is 30.0 Å². The summed E-state index contributed by atoms with van der Waals surface area (Å²) in [6.45, 7) is 5.58. The number of aromatic nitrogens is 2. The molecule has 6 heteroatoms. The van der Waals surface area contributed by atoms with Crippen LogP contribution in [0, 0.1) is 0 Å². The predicted molar refractivity (Wildman–Crippen MR) is 95.7 cm³/mol. The lowest BCUT2D eigenvalue weighted by Crippen LogP contribution is -2.35. The fraction of sp³-hybridized carbons (Fsp3) is 0.556. The van der Waals surface area contributed by atoms with Gasteiger partial charge in [0.2, 0.25) is 5.89 Å². The normalized spacial score (nSPS) is 22.5. The van der Waals surface area contributed by atoms with E-state index in [1.807, 2.05) is 12.1 Å². The molecule has 2 aliphatic heterocycles. The summed E-state index contributed by atoms with van der Waals surface area (Å²) < 4.78 is 6.54. The van der Waals surface area contributed by atoms with E-state index in [1.165, 1.54) is 37.9 Å². The average molecular weight is 391 g/mol. The van der Waals surface area contributed by atoms with Gasteiger partial charge in [-0.1, -0.05) is 33.2 Å². The minimum absolute atomic E-state index is 0.708. The summed E-state index contributed by atoms with van der Waals surface area (Å²) in [5.74, 6) is 1.50. The van der Waals surface area contributed by atoms with Crippen LogP contribution in [0.2, 0.25) is 0 Å². The molecule has 0 radical (unpaired) electrons. The first-order valence-electron chi connectivity index (χ1n) is 8.78. The van der Waals surface area contributed by atoms with Gasteiger partial charge in [0.25, 0.3) is 0 Å². The van der Waals surface area contributed by atoms with Crippen LogP contribution in [0.1, 0.15) is 36.5 Å². The van der Waals surface area contributed by atoms with Crippen molar-refractivity contribution in [3.63, 3.8) is 0 Å². The summed E-state index contributed by atoms with van der Waals surface area (Å²) in [6, 6.07) is 8.95. The monoisotopic (exact) mass is 390 g/mol. The van der Waals surface area contributed by atoms with E-state index in [0.29, 0.717) is 6.42 Å². The molecule has 0 spiro atoms. The van der Waals surface area contributed by atoms with Gasteiger partial charge in [0.15, 0.2) is 5.82 Å². The highest BCUT2D eigenvalue weighted by molar-refractivity contribution is 9.10. The first kappa shape index (κ1) is 16.2. The van der Waals surface area contributed by atoms with E-state index in [-0.39, 0.29) is 0 Å². The van der Waals surface area contributed by atoms with Crippen molar-refractivity contribution in [2.45, 2.75) is 38.3 Å². The molecule has 2 aromatic rings. The minimum Gasteiger partial charge on any atom is -0.338 e. The Morgan fingerprint density at radius 3 is 2.92 bits per heavy atom. The summed E-state index contributed by atoms with van der Waals surface area (Å²) in [4.78, 5) is 9.66. The highest BCUT2D eigenvalue weighted by Crippen LogP contribution is 2.21. The third-order valence-electron chi connectivity index (χ3n) is 5.02. The van der Waals surface area contributed by atoms with Crippen molar-refractivity contribution >= 4 is 15.9 Å². The molecule has 0 saturated carbocycles. The third-order valence-corrected chi connectivity index (χ3v) is 5.52. The Morgan fingerprint density at radius 2 is 2.08 bits per heavy atom. The molecule has 0 N–H and O–H groups in total. The van der Waals surface area contributed by atoms with Crippen LogP contribution in [0.5, 0.6) is 0 Å². The van der Waals surface area contributed by atoms with Crippen LogP contribution in [-0.2, 0) is 13.0 Å². The van der Waals surface area contributed by atoms with Crippen molar-refractivity contribution < 1.29 is 4.52 Å². The Labute approximate surface area is 151 Å². The van der Waals surface area contributed by atoms with E-state index >= 15 is 0 Å². The number of hydrogen-bond acceptors (Lipinski definition) is 5. The topological polar surface area (TPSA) is 45.4 Å². The lowest BCUT2D eigenvalue weighted by molar-refractivity contribution is 0.217. The second-order valence-corrected chi connectivity index (χ2v) is 7.75. The van der Waals surface area contributed by atoms with Crippen LogP contribution >= 0.6 is 15.9 Å². The molecule has 2 fully saturated rings. The van der Waals surface area contributed by atoms with Crippen molar-refractivity contribution in [1.29, 1.82) is 0 Å². The van der Waals surface area contributed by atoms with Gasteiger partial charge in [0.1, 0.15) is 0 Å². The number of rotatable bonds is 5. The fourth-order valence-electron chi connectivity index (χ4n) is 3.81. The zero-order valence-corrected chi connectivity index (χ0v) is 15.4.